The summed E-state index contributed by atoms with van der Waals surface area (Å²) in [5.74, 6) is 0. The summed E-state index contributed by atoms with van der Waals surface area (Å²) in [7, 11) is 0. The fourth-order valence-corrected chi connectivity index (χ4v) is 3.47. The number of hydrogen-bond donors (Lipinski definition) is 1. The van der Waals surface area contributed by atoms with E-state index < -0.39 is 0 Å². The van der Waals surface area contributed by atoms with E-state index in [2.05, 4.69) is 72.3 Å². The molecule has 0 saturated carbocycles. The largest absolute Gasteiger partial charge is 0.310 e. The average Bonchev–Trinajstić information content (AvgIpc) is 2.82. The van der Waals surface area contributed by atoms with E-state index in [9.17, 15) is 0 Å². The fraction of sp³-hybridized carbons (Fsp3) is 0.333. The first-order chi connectivity index (χ1) is 8.61. The second kappa shape index (κ2) is 6.00. The van der Waals surface area contributed by atoms with Gasteiger partial charge in [0.15, 0.2) is 0 Å². The van der Waals surface area contributed by atoms with Gasteiger partial charge in [0.05, 0.1) is 0 Å². The molecule has 1 atom stereocenters. The van der Waals surface area contributed by atoms with Gasteiger partial charge in [0, 0.05) is 20.3 Å². The van der Waals surface area contributed by atoms with E-state index in [-0.39, 0.29) is 0 Å². The summed E-state index contributed by atoms with van der Waals surface area (Å²) in [6.45, 7) is 7.52. The highest BCUT2D eigenvalue weighted by molar-refractivity contribution is 9.10. The van der Waals surface area contributed by atoms with E-state index in [0.717, 1.165) is 11.0 Å². The van der Waals surface area contributed by atoms with Crippen molar-refractivity contribution in [3.05, 3.63) is 45.2 Å². The predicted molar refractivity (Wildman–Crippen MR) is 84.3 cm³/mol. The summed E-state index contributed by atoms with van der Waals surface area (Å²) in [5.41, 5.74) is 2.65. The Morgan fingerprint density at radius 2 is 2.06 bits per heavy atom. The second-order valence-electron chi connectivity index (χ2n) is 4.44. The number of rotatable bonds is 4. The molecule has 0 radical (unpaired) electrons. The lowest BCUT2D eigenvalue weighted by Crippen LogP contribution is -2.16. The molecule has 0 saturated heterocycles. The molecule has 96 valence electrons. The number of hydrogen-bond acceptors (Lipinski definition) is 2. The smallest absolute Gasteiger partial charge is 0.0386 e. The maximum Gasteiger partial charge on any atom is 0.0386 e. The number of benzene rings is 1. The van der Waals surface area contributed by atoms with Crippen LogP contribution in [0, 0.1) is 6.92 Å². The Labute approximate surface area is 121 Å². The lowest BCUT2D eigenvalue weighted by Gasteiger charge is -2.09. The topological polar surface area (TPSA) is 12.0 Å². The monoisotopic (exact) mass is 323 g/mol. The molecule has 18 heavy (non-hydrogen) atoms. The number of nitrogens with one attached hydrogen (secondary N) is 1. The molecule has 0 aliphatic carbocycles. The third-order valence-electron chi connectivity index (χ3n) is 3.03. The Bertz CT molecular complexity index is 533. The van der Waals surface area contributed by atoms with Crippen molar-refractivity contribution >= 4 is 27.3 Å². The van der Waals surface area contributed by atoms with Crippen molar-refractivity contribution in [1.82, 2.24) is 5.32 Å². The van der Waals surface area contributed by atoms with Crippen molar-refractivity contribution in [2.24, 2.45) is 0 Å². The molecule has 0 aliphatic heterocycles. The van der Waals surface area contributed by atoms with Crippen molar-refractivity contribution in [2.75, 3.05) is 6.54 Å². The van der Waals surface area contributed by atoms with Crippen LogP contribution in [0.5, 0.6) is 0 Å². The third kappa shape index (κ3) is 3.02. The van der Waals surface area contributed by atoms with Crippen LogP contribution in [0.15, 0.2) is 34.8 Å². The summed E-state index contributed by atoms with van der Waals surface area (Å²) in [6, 6.07) is 11.3. The lowest BCUT2D eigenvalue weighted by molar-refractivity contribution is 0.607. The molecule has 1 nitrogen and oxygen atoms in total. The van der Waals surface area contributed by atoms with Crippen LogP contribution < -0.4 is 5.32 Å². The zero-order chi connectivity index (χ0) is 13.1. The van der Waals surface area contributed by atoms with Crippen molar-refractivity contribution in [2.45, 2.75) is 26.8 Å². The van der Waals surface area contributed by atoms with Gasteiger partial charge in [0.2, 0.25) is 0 Å². The zero-order valence-electron chi connectivity index (χ0n) is 11.0. The van der Waals surface area contributed by atoms with Crippen molar-refractivity contribution in [1.29, 1.82) is 0 Å². The molecular weight excluding hydrogens is 306 g/mol. The van der Waals surface area contributed by atoms with Gasteiger partial charge in [-0.2, -0.15) is 0 Å². The number of thiophene rings is 1. The highest BCUT2D eigenvalue weighted by atomic mass is 79.9. The van der Waals surface area contributed by atoms with Crippen LogP contribution in [0.3, 0.4) is 0 Å². The summed E-state index contributed by atoms with van der Waals surface area (Å²) in [4.78, 5) is 2.74. The molecule has 0 spiro atoms. The fourth-order valence-electron chi connectivity index (χ4n) is 2.00. The first kappa shape index (κ1) is 13.8. The molecule has 0 fully saturated rings. The summed E-state index contributed by atoms with van der Waals surface area (Å²) in [5, 5.41) is 3.45. The van der Waals surface area contributed by atoms with Crippen LogP contribution in [-0.2, 0) is 0 Å². The van der Waals surface area contributed by atoms with E-state index in [1.165, 1.54) is 20.9 Å². The van der Waals surface area contributed by atoms with Crippen LogP contribution in [0.2, 0.25) is 0 Å². The van der Waals surface area contributed by atoms with Crippen LogP contribution in [0.4, 0.5) is 0 Å². The van der Waals surface area contributed by atoms with Gasteiger partial charge in [-0.25, -0.2) is 0 Å². The third-order valence-corrected chi connectivity index (χ3v) is 4.82. The van der Waals surface area contributed by atoms with Gasteiger partial charge in [-0.3, -0.25) is 0 Å². The van der Waals surface area contributed by atoms with Crippen molar-refractivity contribution < 1.29 is 0 Å². The molecule has 1 aromatic carbocycles. The molecule has 0 aliphatic rings. The lowest BCUT2D eigenvalue weighted by atomic mass is 10.1. The standard InChI is InChI=1S/C15H18BrNS/c1-4-17-11(3)14-7-8-15(18-14)13-9-12(16)6-5-10(13)2/h5-9,11,17H,4H2,1-3H3. The van der Waals surface area contributed by atoms with Gasteiger partial charge in [-0.05, 0) is 55.8 Å². The Morgan fingerprint density at radius 3 is 2.78 bits per heavy atom. The maximum atomic E-state index is 3.55. The molecule has 2 rings (SSSR count). The first-order valence-electron chi connectivity index (χ1n) is 6.21. The van der Waals surface area contributed by atoms with Gasteiger partial charge in [-0.1, -0.05) is 28.9 Å². The van der Waals surface area contributed by atoms with E-state index in [1.54, 1.807) is 0 Å². The Hall–Kier alpha value is -0.640. The summed E-state index contributed by atoms with van der Waals surface area (Å²) in [6.07, 6.45) is 0. The second-order valence-corrected chi connectivity index (χ2v) is 6.47. The van der Waals surface area contributed by atoms with Crippen molar-refractivity contribution in [3.8, 4) is 10.4 Å². The molecule has 1 unspecified atom stereocenters. The van der Waals surface area contributed by atoms with Gasteiger partial charge in [0.1, 0.15) is 0 Å². The molecule has 1 N–H and O–H groups in total. The SMILES string of the molecule is CCNC(C)c1ccc(-c2cc(Br)ccc2C)s1. The minimum Gasteiger partial charge on any atom is -0.310 e. The molecule has 0 bridgehead atoms. The minimum absolute atomic E-state index is 0.432. The highest BCUT2D eigenvalue weighted by Gasteiger charge is 2.10. The average molecular weight is 324 g/mol. The minimum atomic E-state index is 0.432. The molecule has 0 amide bonds. The van der Waals surface area contributed by atoms with Crippen LogP contribution >= 0.6 is 27.3 Å². The first-order valence-corrected chi connectivity index (χ1v) is 7.82. The van der Waals surface area contributed by atoms with Gasteiger partial charge in [0.25, 0.3) is 0 Å². The quantitative estimate of drug-likeness (QED) is 0.819. The van der Waals surface area contributed by atoms with E-state index in [4.69, 9.17) is 0 Å². The van der Waals surface area contributed by atoms with Crippen molar-refractivity contribution in [3.63, 3.8) is 0 Å². The highest BCUT2D eigenvalue weighted by Crippen LogP contribution is 2.34. The predicted octanol–water partition coefficient (Wildman–Crippen LogP) is 5.16. The molecule has 2 aromatic rings. The molecule has 1 heterocycles. The summed E-state index contributed by atoms with van der Waals surface area (Å²) >= 11 is 5.42. The van der Waals surface area contributed by atoms with E-state index >= 15 is 0 Å². The molecular formula is C15H18BrNS. The normalized spacial score (nSPS) is 12.7. The van der Waals surface area contributed by atoms with E-state index in [0.29, 0.717) is 6.04 Å². The van der Waals surface area contributed by atoms with Gasteiger partial charge >= 0.3 is 0 Å². The van der Waals surface area contributed by atoms with Crippen LogP contribution in [0.1, 0.15) is 30.3 Å². The van der Waals surface area contributed by atoms with E-state index in [1.807, 2.05) is 11.3 Å². The summed E-state index contributed by atoms with van der Waals surface area (Å²) < 4.78 is 1.14. The Kier molecular flexibility index (Phi) is 4.60. The zero-order valence-corrected chi connectivity index (χ0v) is 13.4. The maximum absolute atomic E-state index is 3.55. The van der Waals surface area contributed by atoms with Gasteiger partial charge in [-0.15, -0.1) is 11.3 Å². The Balaban J connectivity index is 2.32. The Morgan fingerprint density at radius 1 is 1.28 bits per heavy atom. The molecule has 1 aromatic heterocycles. The van der Waals surface area contributed by atoms with Crippen LogP contribution in [0.25, 0.3) is 10.4 Å². The van der Waals surface area contributed by atoms with Crippen LogP contribution in [-0.4, -0.2) is 6.54 Å². The number of halogens is 1. The molecule has 3 heteroatoms. The number of aryl methyl sites for hydroxylation is 1. The van der Waals surface area contributed by atoms with Gasteiger partial charge < -0.3 is 5.32 Å².